The van der Waals surface area contributed by atoms with Crippen molar-refractivity contribution in [2.45, 2.75) is 26.3 Å². The molecule has 0 radical (unpaired) electrons. The zero-order valence-corrected chi connectivity index (χ0v) is 16.1. The van der Waals surface area contributed by atoms with Crippen molar-refractivity contribution >= 4 is 28.3 Å². The fourth-order valence-electron chi connectivity index (χ4n) is 2.92. The van der Waals surface area contributed by atoms with Gasteiger partial charge in [-0.15, -0.1) is 0 Å². The first-order valence-electron chi connectivity index (χ1n) is 9.23. The Labute approximate surface area is 170 Å². The number of nitrogens with zero attached hydrogens (tertiary/aromatic N) is 3. The van der Waals surface area contributed by atoms with E-state index in [1.807, 2.05) is 6.92 Å². The highest BCUT2D eigenvalue weighted by molar-refractivity contribution is 6.05. The monoisotopic (exact) mass is 409 g/mol. The third-order valence-corrected chi connectivity index (χ3v) is 4.35. The first-order chi connectivity index (χ1) is 14.4. The van der Waals surface area contributed by atoms with E-state index in [0.717, 1.165) is 0 Å². The number of nitro groups is 1. The van der Waals surface area contributed by atoms with Crippen LogP contribution < -0.4 is 16.4 Å². The van der Waals surface area contributed by atoms with Gasteiger partial charge in [0.05, 0.1) is 16.7 Å². The number of hydrogen-bond donors (Lipinski definition) is 2. The molecule has 0 spiro atoms. The predicted molar refractivity (Wildman–Crippen MR) is 109 cm³/mol. The maximum Gasteiger partial charge on any atom is 0.290 e. The van der Waals surface area contributed by atoms with Crippen molar-refractivity contribution in [3.8, 4) is 0 Å². The predicted octanol–water partition coefficient (Wildman–Crippen LogP) is 1.72. The Morgan fingerprint density at radius 1 is 1.07 bits per heavy atom. The largest absolute Gasteiger partial charge is 0.290 e. The summed E-state index contributed by atoms with van der Waals surface area (Å²) in [4.78, 5) is 47.4. The van der Waals surface area contributed by atoms with Crippen LogP contribution in [0.2, 0.25) is 0 Å². The van der Waals surface area contributed by atoms with E-state index in [-0.39, 0.29) is 23.4 Å². The second-order valence-electron chi connectivity index (χ2n) is 6.53. The van der Waals surface area contributed by atoms with E-state index in [0.29, 0.717) is 29.3 Å². The first kappa shape index (κ1) is 20.6. The van der Waals surface area contributed by atoms with E-state index >= 15 is 0 Å². The van der Waals surface area contributed by atoms with Gasteiger partial charge in [-0.25, -0.2) is 4.68 Å². The van der Waals surface area contributed by atoms with Gasteiger partial charge in [-0.3, -0.25) is 35.3 Å². The van der Waals surface area contributed by atoms with Crippen molar-refractivity contribution in [3.05, 3.63) is 80.3 Å². The maximum absolute atomic E-state index is 12.6. The van der Waals surface area contributed by atoms with Gasteiger partial charge in [0, 0.05) is 24.1 Å². The number of carbonyl (C=O) groups is 2. The Balaban J connectivity index is 1.73. The van der Waals surface area contributed by atoms with E-state index in [4.69, 9.17) is 0 Å². The SMILES string of the molecule is CCCn1nc(C(=O)NNC(=O)Cc2ccc([N+](=O)[O-])cc2)c2ccccc2c1=O. The van der Waals surface area contributed by atoms with E-state index in [9.17, 15) is 24.5 Å². The van der Waals surface area contributed by atoms with Crippen molar-refractivity contribution in [3.63, 3.8) is 0 Å². The van der Waals surface area contributed by atoms with Gasteiger partial charge >= 0.3 is 0 Å². The van der Waals surface area contributed by atoms with E-state index in [1.165, 1.54) is 28.9 Å². The summed E-state index contributed by atoms with van der Waals surface area (Å²) in [5.74, 6) is -1.17. The molecular weight excluding hydrogens is 390 g/mol. The molecule has 1 aromatic heterocycles. The number of carbonyl (C=O) groups excluding carboxylic acids is 2. The molecule has 1 heterocycles. The highest BCUT2D eigenvalue weighted by Gasteiger charge is 2.17. The number of hydrazine groups is 1. The second kappa shape index (κ2) is 8.95. The van der Waals surface area contributed by atoms with Crippen molar-refractivity contribution in [2.24, 2.45) is 0 Å². The molecule has 2 N–H and O–H groups in total. The minimum atomic E-state index is -0.659. The topological polar surface area (TPSA) is 136 Å². The van der Waals surface area contributed by atoms with Gasteiger partial charge in [0.25, 0.3) is 17.2 Å². The number of aromatic nitrogens is 2. The lowest BCUT2D eigenvalue weighted by atomic mass is 10.1. The number of fused-ring (bicyclic) bond motifs is 1. The fraction of sp³-hybridized carbons (Fsp3) is 0.200. The van der Waals surface area contributed by atoms with E-state index in [1.54, 1.807) is 24.3 Å². The molecule has 2 amide bonds. The molecule has 0 aliphatic carbocycles. The van der Waals surface area contributed by atoms with Gasteiger partial charge in [-0.2, -0.15) is 5.10 Å². The molecule has 0 fully saturated rings. The summed E-state index contributed by atoms with van der Waals surface area (Å²) in [5.41, 5.74) is 4.81. The summed E-state index contributed by atoms with van der Waals surface area (Å²) in [6, 6.07) is 12.2. The second-order valence-corrected chi connectivity index (χ2v) is 6.53. The molecule has 0 unspecified atom stereocenters. The lowest BCUT2D eigenvalue weighted by molar-refractivity contribution is -0.384. The average molecular weight is 409 g/mol. The summed E-state index contributed by atoms with van der Waals surface area (Å²) in [6.07, 6.45) is 0.583. The van der Waals surface area contributed by atoms with Crippen LogP contribution in [0.15, 0.2) is 53.3 Å². The molecule has 10 heteroatoms. The molecule has 3 aromatic rings. The van der Waals surface area contributed by atoms with E-state index < -0.39 is 16.7 Å². The third kappa shape index (κ3) is 4.49. The number of nitro benzene ring substituents is 1. The molecule has 10 nitrogen and oxygen atoms in total. The number of aryl methyl sites for hydroxylation is 1. The van der Waals surface area contributed by atoms with Crippen LogP contribution in [0.3, 0.4) is 0 Å². The van der Waals surface area contributed by atoms with Gasteiger partial charge < -0.3 is 0 Å². The molecule has 0 atom stereocenters. The van der Waals surface area contributed by atoms with Crippen LogP contribution in [-0.2, 0) is 17.8 Å². The molecule has 0 saturated heterocycles. The van der Waals surface area contributed by atoms with Crippen LogP contribution in [0.1, 0.15) is 29.4 Å². The van der Waals surface area contributed by atoms with Crippen LogP contribution in [0.4, 0.5) is 5.69 Å². The smallest absolute Gasteiger partial charge is 0.273 e. The van der Waals surface area contributed by atoms with Gasteiger partial charge in [-0.1, -0.05) is 37.3 Å². The number of benzene rings is 2. The molecule has 154 valence electrons. The molecule has 0 bridgehead atoms. The summed E-state index contributed by atoms with van der Waals surface area (Å²) >= 11 is 0. The standard InChI is InChI=1S/C20H19N5O5/c1-2-11-24-20(28)16-6-4-3-5-15(16)18(23-24)19(27)22-21-17(26)12-13-7-9-14(10-8-13)25(29)30/h3-10H,2,11-12H2,1H3,(H,21,26)(H,22,27). The average Bonchev–Trinajstić information content (AvgIpc) is 2.74. The number of rotatable bonds is 6. The molecule has 2 aromatic carbocycles. The lowest BCUT2D eigenvalue weighted by Gasteiger charge is -2.11. The van der Waals surface area contributed by atoms with Crippen LogP contribution >= 0.6 is 0 Å². The molecule has 30 heavy (non-hydrogen) atoms. The number of nitrogens with one attached hydrogen (secondary N) is 2. The van der Waals surface area contributed by atoms with Crippen molar-refractivity contribution < 1.29 is 14.5 Å². The maximum atomic E-state index is 12.6. The Hall–Kier alpha value is -4.08. The summed E-state index contributed by atoms with van der Waals surface area (Å²) in [5, 5.41) is 15.6. The summed E-state index contributed by atoms with van der Waals surface area (Å²) in [7, 11) is 0. The van der Waals surface area contributed by atoms with Crippen LogP contribution in [0.5, 0.6) is 0 Å². The minimum absolute atomic E-state index is 0.0225. The molecule has 0 saturated carbocycles. The number of amides is 2. The van der Waals surface area contributed by atoms with E-state index in [2.05, 4.69) is 16.0 Å². The number of hydrogen-bond acceptors (Lipinski definition) is 6. The Morgan fingerprint density at radius 3 is 2.37 bits per heavy atom. The molecule has 3 rings (SSSR count). The van der Waals surface area contributed by atoms with Crippen LogP contribution in [0, 0.1) is 10.1 Å². The normalized spacial score (nSPS) is 10.6. The highest BCUT2D eigenvalue weighted by atomic mass is 16.6. The van der Waals surface area contributed by atoms with Crippen LogP contribution in [-0.4, -0.2) is 26.5 Å². The van der Waals surface area contributed by atoms with Crippen LogP contribution in [0.25, 0.3) is 10.8 Å². The molecular formula is C20H19N5O5. The van der Waals surface area contributed by atoms with Crippen molar-refractivity contribution in [2.75, 3.05) is 0 Å². The van der Waals surface area contributed by atoms with Gasteiger partial charge in [-0.05, 0) is 18.1 Å². The van der Waals surface area contributed by atoms with Gasteiger partial charge in [0.1, 0.15) is 0 Å². The van der Waals surface area contributed by atoms with Gasteiger partial charge in [0.2, 0.25) is 5.91 Å². The number of non-ortho nitro benzene ring substituents is 1. The Morgan fingerprint density at radius 2 is 1.73 bits per heavy atom. The quantitative estimate of drug-likeness (QED) is 0.470. The summed E-state index contributed by atoms with van der Waals surface area (Å²) in [6.45, 7) is 2.25. The zero-order chi connectivity index (χ0) is 21.7. The van der Waals surface area contributed by atoms with Crippen molar-refractivity contribution in [1.29, 1.82) is 0 Å². The lowest BCUT2D eigenvalue weighted by Crippen LogP contribution is -2.43. The third-order valence-electron chi connectivity index (χ3n) is 4.35. The first-order valence-corrected chi connectivity index (χ1v) is 9.23. The molecule has 0 aliphatic heterocycles. The van der Waals surface area contributed by atoms with Crippen molar-refractivity contribution in [1.82, 2.24) is 20.6 Å². The fourth-order valence-corrected chi connectivity index (χ4v) is 2.92. The minimum Gasteiger partial charge on any atom is -0.273 e. The Bertz CT molecular complexity index is 1170. The van der Waals surface area contributed by atoms with Gasteiger partial charge in [0.15, 0.2) is 5.69 Å². The summed E-state index contributed by atoms with van der Waals surface area (Å²) < 4.78 is 1.23. The molecule has 0 aliphatic rings. The Kier molecular flexibility index (Phi) is 6.16. The zero-order valence-electron chi connectivity index (χ0n) is 16.1. The highest BCUT2D eigenvalue weighted by Crippen LogP contribution is 2.14.